The van der Waals surface area contributed by atoms with Crippen molar-refractivity contribution in [2.45, 2.75) is 50.5 Å². The summed E-state index contributed by atoms with van der Waals surface area (Å²) in [5.41, 5.74) is 5.96. The topological polar surface area (TPSA) is 81.4 Å². The van der Waals surface area contributed by atoms with Crippen LogP contribution in [0.4, 0.5) is 5.69 Å². The molecule has 0 heterocycles. The fourth-order valence-corrected chi connectivity index (χ4v) is 3.82. The van der Waals surface area contributed by atoms with Crippen LogP contribution in [0.1, 0.15) is 55.3 Å². The van der Waals surface area contributed by atoms with E-state index in [9.17, 15) is 9.59 Å². The Balaban J connectivity index is 1.92. The van der Waals surface area contributed by atoms with Crippen LogP contribution in [0, 0.1) is 0 Å². The van der Waals surface area contributed by atoms with Crippen molar-refractivity contribution in [1.82, 2.24) is 5.32 Å². The predicted octanol–water partition coefficient (Wildman–Crippen LogP) is 3.81. The first-order valence-electron chi connectivity index (χ1n) is 9.25. The van der Waals surface area contributed by atoms with Gasteiger partial charge in [-0.1, -0.05) is 56.4 Å². The standard InChI is InChI=1S/C21H26N2O3/c1-26-20(25)21(11-7-3-2-4-8-12-21)23-19(24)17-13-15-9-5-6-10-16(15)14-18(17)22/h5-6,9-10,13-14H,2-4,7-8,11-12,22H2,1H3,(H,23,24). The number of amides is 1. The quantitative estimate of drug-likeness (QED) is 0.649. The monoisotopic (exact) mass is 354 g/mol. The number of nitrogen functional groups attached to an aromatic ring is 1. The summed E-state index contributed by atoms with van der Waals surface area (Å²) in [5.74, 6) is -0.689. The third-order valence-electron chi connectivity index (χ3n) is 5.30. The molecule has 1 aliphatic carbocycles. The molecule has 0 aromatic heterocycles. The van der Waals surface area contributed by atoms with Gasteiger partial charge in [0.05, 0.1) is 12.7 Å². The van der Waals surface area contributed by atoms with Crippen molar-refractivity contribution in [2.75, 3.05) is 12.8 Å². The molecule has 0 aliphatic heterocycles. The molecule has 3 N–H and O–H groups in total. The molecule has 0 spiro atoms. The van der Waals surface area contributed by atoms with Crippen LogP contribution in [0.2, 0.25) is 0 Å². The molecule has 0 bridgehead atoms. The molecule has 1 saturated carbocycles. The molecular formula is C21H26N2O3. The summed E-state index contributed by atoms with van der Waals surface area (Å²) in [6, 6.07) is 11.3. The van der Waals surface area contributed by atoms with Gasteiger partial charge in [-0.2, -0.15) is 0 Å². The van der Waals surface area contributed by atoms with Gasteiger partial charge in [-0.05, 0) is 35.7 Å². The van der Waals surface area contributed by atoms with E-state index in [1.807, 2.05) is 24.3 Å². The Hall–Kier alpha value is -2.56. The van der Waals surface area contributed by atoms with Crippen molar-refractivity contribution < 1.29 is 14.3 Å². The van der Waals surface area contributed by atoms with E-state index in [4.69, 9.17) is 10.5 Å². The van der Waals surface area contributed by atoms with E-state index < -0.39 is 5.54 Å². The van der Waals surface area contributed by atoms with Crippen LogP contribution in [-0.2, 0) is 9.53 Å². The normalized spacial score (nSPS) is 17.1. The third-order valence-corrected chi connectivity index (χ3v) is 5.30. The lowest BCUT2D eigenvalue weighted by atomic mass is 9.83. The maximum Gasteiger partial charge on any atom is 0.331 e. The second-order valence-electron chi connectivity index (χ2n) is 7.08. The summed E-state index contributed by atoms with van der Waals surface area (Å²) >= 11 is 0. The minimum absolute atomic E-state index is 0.320. The van der Waals surface area contributed by atoms with Gasteiger partial charge in [0, 0.05) is 5.69 Å². The maximum absolute atomic E-state index is 13.0. The van der Waals surface area contributed by atoms with Crippen LogP contribution >= 0.6 is 0 Å². The molecule has 2 aromatic rings. The summed E-state index contributed by atoms with van der Waals surface area (Å²) in [6.07, 6.45) is 6.27. The Morgan fingerprint density at radius 2 is 1.58 bits per heavy atom. The van der Waals surface area contributed by atoms with Gasteiger partial charge in [0.2, 0.25) is 0 Å². The number of methoxy groups -OCH3 is 1. The number of esters is 1. The summed E-state index contributed by atoms with van der Waals surface area (Å²) in [4.78, 5) is 25.6. The average Bonchev–Trinajstić information content (AvgIpc) is 2.62. The maximum atomic E-state index is 13.0. The fourth-order valence-electron chi connectivity index (χ4n) is 3.82. The second-order valence-corrected chi connectivity index (χ2v) is 7.08. The number of nitrogens with two attached hydrogens (primary N) is 1. The van der Waals surface area contributed by atoms with E-state index in [0.29, 0.717) is 24.1 Å². The van der Waals surface area contributed by atoms with Crippen LogP contribution in [0.3, 0.4) is 0 Å². The number of rotatable bonds is 3. The molecule has 0 atom stereocenters. The highest BCUT2D eigenvalue weighted by Crippen LogP contribution is 2.29. The van der Waals surface area contributed by atoms with Gasteiger partial charge in [0.25, 0.3) is 5.91 Å². The number of hydrogen-bond donors (Lipinski definition) is 2. The molecule has 5 nitrogen and oxygen atoms in total. The summed E-state index contributed by atoms with van der Waals surface area (Å²) in [7, 11) is 1.37. The van der Waals surface area contributed by atoms with E-state index >= 15 is 0 Å². The van der Waals surface area contributed by atoms with Crippen molar-refractivity contribution in [3.8, 4) is 0 Å². The molecular weight excluding hydrogens is 328 g/mol. The average molecular weight is 354 g/mol. The zero-order valence-corrected chi connectivity index (χ0v) is 15.2. The van der Waals surface area contributed by atoms with E-state index in [0.717, 1.165) is 36.5 Å². The first-order valence-corrected chi connectivity index (χ1v) is 9.25. The molecule has 26 heavy (non-hydrogen) atoms. The van der Waals surface area contributed by atoms with Crippen molar-refractivity contribution in [3.05, 3.63) is 42.0 Å². The van der Waals surface area contributed by atoms with Gasteiger partial charge >= 0.3 is 5.97 Å². The Morgan fingerprint density at radius 3 is 2.19 bits per heavy atom. The van der Waals surface area contributed by atoms with E-state index in [1.54, 1.807) is 12.1 Å². The van der Waals surface area contributed by atoms with E-state index in [1.165, 1.54) is 13.5 Å². The molecule has 0 radical (unpaired) electrons. The highest BCUT2D eigenvalue weighted by Gasteiger charge is 2.41. The van der Waals surface area contributed by atoms with Crippen molar-refractivity contribution in [3.63, 3.8) is 0 Å². The minimum Gasteiger partial charge on any atom is -0.467 e. The largest absolute Gasteiger partial charge is 0.467 e. The molecule has 0 saturated heterocycles. The summed E-state index contributed by atoms with van der Waals surface area (Å²) in [5, 5.41) is 4.90. The summed E-state index contributed by atoms with van der Waals surface area (Å²) in [6.45, 7) is 0. The number of fused-ring (bicyclic) bond motifs is 1. The minimum atomic E-state index is -0.968. The molecule has 1 aliphatic rings. The molecule has 1 amide bonds. The number of hydrogen-bond acceptors (Lipinski definition) is 4. The van der Waals surface area contributed by atoms with Gasteiger partial charge in [-0.25, -0.2) is 4.79 Å². The lowest BCUT2D eigenvalue weighted by molar-refractivity contribution is -0.149. The SMILES string of the molecule is COC(=O)C1(NC(=O)c2cc3ccccc3cc2N)CCCCCCC1. The number of carbonyl (C=O) groups excluding carboxylic acids is 2. The first-order chi connectivity index (χ1) is 12.6. The number of benzene rings is 2. The van der Waals surface area contributed by atoms with Gasteiger partial charge in [-0.15, -0.1) is 0 Å². The van der Waals surface area contributed by atoms with Gasteiger partial charge in [-0.3, -0.25) is 4.79 Å². The number of carbonyl (C=O) groups is 2. The van der Waals surface area contributed by atoms with Gasteiger partial charge in [0.15, 0.2) is 0 Å². The van der Waals surface area contributed by atoms with Crippen molar-refractivity contribution >= 4 is 28.3 Å². The second kappa shape index (κ2) is 7.77. The number of ether oxygens (including phenoxy) is 1. The van der Waals surface area contributed by atoms with Crippen LogP contribution in [0.5, 0.6) is 0 Å². The predicted molar refractivity (Wildman–Crippen MR) is 103 cm³/mol. The Morgan fingerprint density at radius 1 is 1.00 bits per heavy atom. The summed E-state index contributed by atoms with van der Waals surface area (Å²) < 4.78 is 5.04. The Kier molecular flexibility index (Phi) is 5.45. The molecule has 138 valence electrons. The van der Waals surface area contributed by atoms with Gasteiger partial charge < -0.3 is 15.8 Å². The van der Waals surface area contributed by atoms with Crippen LogP contribution in [-0.4, -0.2) is 24.5 Å². The zero-order valence-electron chi connectivity index (χ0n) is 15.2. The molecule has 5 heteroatoms. The number of nitrogens with one attached hydrogen (secondary N) is 1. The van der Waals surface area contributed by atoms with Crippen molar-refractivity contribution in [1.29, 1.82) is 0 Å². The highest BCUT2D eigenvalue weighted by molar-refractivity contribution is 6.05. The van der Waals surface area contributed by atoms with Crippen molar-refractivity contribution in [2.24, 2.45) is 0 Å². The lowest BCUT2D eigenvalue weighted by Gasteiger charge is -2.33. The Bertz CT molecular complexity index is 808. The smallest absolute Gasteiger partial charge is 0.331 e. The van der Waals surface area contributed by atoms with Crippen LogP contribution in [0.25, 0.3) is 10.8 Å². The number of anilines is 1. The van der Waals surface area contributed by atoms with Gasteiger partial charge in [0.1, 0.15) is 5.54 Å². The first kappa shape index (κ1) is 18.2. The fraction of sp³-hybridized carbons (Fsp3) is 0.429. The van der Waals surface area contributed by atoms with Crippen LogP contribution in [0.15, 0.2) is 36.4 Å². The zero-order chi connectivity index (χ0) is 18.6. The molecule has 3 rings (SSSR count). The highest BCUT2D eigenvalue weighted by atomic mass is 16.5. The van der Waals surface area contributed by atoms with E-state index in [2.05, 4.69) is 5.32 Å². The van der Waals surface area contributed by atoms with E-state index in [-0.39, 0.29) is 11.9 Å². The van der Waals surface area contributed by atoms with Crippen LogP contribution < -0.4 is 11.1 Å². The lowest BCUT2D eigenvalue weighted by Crippen LogP contribution is -2.55. The molecule has 0 unspecified atom stereocenters. The third kappa shape index (κ3) is 3.66. The molecule has 2 aromatic carbocycles. The molecule has 1 fully saturated rings. The Labute approximate surface area is 153 Å².